The van der Waals surface area contributed by atoms with E-state index in [2.05, 4.69) is 25.8 Å². The summed E-state index contributed by atoms with van der Waals surface area (Å²) in [6.45, 7) is 6.64. The molecular formula is C13H28N2. The summed E-state index contributed by atoms with van der Waals surface area (Å²) in [4.78, 5) is 2.50. The second-order valence-electron chi connectivity index (χ2n) is 5.28. The number of likely N-dealkylation sites (N-methyl/N-ethyl adjacent to an activating group) is 1. The van der Waals surface area contributed by atoms with E-state index in [0.29, 0.717) is 6.04 Å². The molecule has 2 N–H and O–H groups in total. The van der Waals surface area contributed by atoms with Crippen molar-refractivity contribution in [3.8, 4) is 0 Å². The van der Waals surface area contributed by atoms with Gasteiger partial charge < -0.3 is 10.6 Å². The maximum Gasteiger partial charge on any atom is 0.0240 e. The van der Waals surface area contributed by atoms with Crippen molar-refractivity contribution < 1.29 is 0 Å². The SMILES string of the molecule is CCC(C)C(CN)N(C)CC1CCCC1. The highest BCUT2D eigenvalue weighted by molar-refractivity contribution is 4.78. The van der Waals surface area contributed by atoms with Crippen LogP contribution in [-0.4, -0.2) is 31.1 Å². The Balaban J connectivity index is 2.37. The summed E-state index contributed by atoms with van der Waals surface area (Å²) in [7, 11) is 2.25. The second-order valence-corrected chi connectivity index (χ2v) is 5.28. The molecule has 0 amide bonds. The van der Waals surface area contributed by atoms with E-state index < -0.39 is 0 Å². The summed E-state index contributed by atoms with van der Waals surface area (Å²) in [6.07, 6.45) is 6.98. The Morgan fingerprint density at radius 2 is 1.93 bits per heavy atom. The molecule has 0 aliphatic heterocycles. The summed E-state index contributed by atoms with van der Waals surface area (Å²) in [5, 5.41) is 0. The lowest BCUT2D eigenvalue weighted by Gasteiger charge is -2.33. The fraction of sp³-hybridized carbons (Fsp3) is 1.00. The van der Waals surface area contributed by atoms with E-state index in [0.717, 1.165) is 18.4 Å². The van der Waals surface area contributed by atoms with Crippen LogP contribution in [0.3, 0.4) is 0 Å². The number of rotatable bonds is 6. The predicted molar refractivity (Wildman–Crippen MR) is 66.9 cm³/mol. The fourth-order valence-electron chi connectivity index (χ4n) is 2.85. The maximum atomic E-state index is 5.88. The van der Waals surface area contributed by atoms with Crippen molar-refractivity contribution in [2.24, 2.45) is 17.6 Å². The van der Waals surface area contributed by atoms with E-state index in [1.165, 1.54) is 38.6 Å². The Kier molecular flexibility index (Phi) is 5.62. The first kappa shape index (κ1) is 13.0. The minimum absolute atomic E-state index is 0.579. The smallest absolute Gasteiger partial charge is 0.0240 e. The van der Waals surface area contributed by atoms with Gasteiger partial charge in [0.25, 0.3) is 0 Å². The molecule has 0 heterocycles. The first-order chi connectivity index (χ1) is 7.19. The molecule has 2 heteroatoms. The summed E-state index contributed by atoms with van der Waals surface area (Å²) in [5.74, 6) is 1.66. The molecule has 1 rings (SSSR count). The van der Waals surface area contributed by atoms with Crippen molar-refractivity contribution in [1.82, 2.24) is 4.90 Å². The normalized spacial score (nSPS) is 22.2. The first-order valence-electron chi connectivity index (χ1n) is 6.59. The van der Waals surface area contributed by atoms with Gasteiger partial charge in [-0.25, -0.2) is 0 Å². The first-order valence-corrected chi connectivity index (χ1v) is 6.59. The highest BCUT2D eigenvalue weighted by atomic mass is 15.1. The van der Waals surface area contributed by atoms with E-state index in [-0.39, 0.29) is 0 Å². The van der Waals surface area contributed by atoms with Crippen LogP contribution in [0, 0.1) is 11.8 Å². The van der Waals surface area contributed by atoms with Crippen molar-refractivity contribution in [2.75, 3.05) is 20.1 Å². The molecule has 1 fully saturated rings. The number of hydrogen-bond acceptors (Lipinski definition) is 2. The minimum Gasteiger partial charge on any atom is -0.329 e. The fourth-order valence-corrected chi connectivity index (χ4v) is 2.85. The van der Waals surface area contributed by atoms with Crippen molar-refractivity contribution >= 4 is 0 Å². The van der Waals surface area contributed by atoms with Crippen LogP contribution in [0.2, 0.25) is 0 Å². The summed E-state index contributed by atoms with van der Waals surface area (Å²) >= 11 is 0. The highest BCUT2D eigenvalue weighted by Gasteiger charge is 2.23. The Morgan fingerprint density at radius 1 is 1.33 bits per heavy atom. The molecule has 0 aromatic rings. The average Bonchev–Trinajstić information content (AvgIpc) is 2.71. The topological polar surface area (TPSA) is 29.3 Å². The molecule has 1 aliphatic carbocycles. The number of hydrogen-bond donors (Lipinski definition) is 1. The summed E-state index contributed by atoms with van der Waals surface area (Å²) < 4.78 is 0. The van der Waals surface area contributed by atoms with E-state index in [1.807, 2.05) is 0 Å². The van der Waals surface area contributed by atoms with Gasteiger partial charge in [0.05, 0.1) is 0 Å². The van der Waals surface area contributed by atoms with Gasteiger partial charge in [0.2, 0.25) is 0 Å². The lowest BCUT2D eigenvalue weighted by atomic mass is 9.96. The molecule has 0 spiro atoms. The van der Waals surface area contributed by atoms with Crippen molar-refractivity contribution in [3.05, 3.63) is 0 Å². The molecule has 0 saturated heterocycles. The molecule has 2 nitrogen and oxygen atoms in total. The summed E-state index contributed by atoms with van der Waals surface area (Å²) in [6, 6.07) is 0.579. The van der Waals surface area contributed by atoms with Gasteiger partial charge in [0, 0.05) is 19.1 Å². The Labute approximate surface area is 95.2 Å². The highest BCUT2D eigenvalue weighted by Crippen LogP contribution is 2.26. The van der Waals surface area contributed by atoms with Gasteiger partial charge in [0.15, 0.2) is 0 Å². The van der Waals surface area contributed by atoms with Crippen molar-refractivity contribution in [1.29, 1.82) is 0 Å². The number of nitrogens with two attached hydrogens (primary N) is 1. The summed E-state index contributed by atoms with van der Waals surface area (Å²) in [5.41, 5.74) is 5.88. The maximum absolute atomic E-state index is 5.88. The van der Waals surface area contributed by atoms with Crippen LogP contribution < -0.4 is 5.73 Å². The largest absolute Gasteiger partial charge is 0.329 e. The van der Waals surface area contributed by atoms with Crippen LogP contribution in [0.4, 0.5) is 0 Å². The molecule has 1 saturated carbocycles. The molecule has 15 heavy (non-hydrogen) atoms. The quantitative estimate of drug-likeness (QED) is 0.733. The zero-order valence-corrected chi connectivity index (χ0v) is 10.7. The van der Waals surface area contributed by atoms with Crippen molar-refractivity contribution in [2.45, 2.75) is 52.0 Å². The lowest BCUT2D eigenvalue weighted by molar-refractivity contribution is 0.161. The Hall–Kier alpha value is -0.0800. The van der Waals surface area contributed by atoms with E-state index >= 15 is 0 Å². The molecule has 0 aromatic heterocycles. The zero-order valence-electron chi connectivity index (χ0n) is 10.7. The van der Waals surface area contributed by atoms with Gasteiger partial charge >= 0.3 is 0 Å². The molecule has 1 aliphatic rings. The van der Waals surface area contributed by atoms with Crippen LogP contribution in [0.25, 0.3) is 0 Å². The molecular weight excluding hydrogens is 184 g/mol. The third-order valence-corrected chi connectivity index (χ3v) is 4.13. The third-order valence-electron chi connectivity index (χ3n) is 4.13. The van der Waals surface area contributed by atoms with Crippen LogP contribution >= 0.6 is 0 Å². The van der Waals surface area contributed by atoms with E-state index in [4.69, 9.17) is 5.73 Å². The second kappa shape index (κ2) is 6.49. The van der Waals surface area contributed by atoms with Gasteiger partial charge in [-0.2, -0.15) is 0 Å². The Morgan fingerprint density at radius 3 is 2.40 bits per heavy atom. The van der Waals surface area contributed by atoms with Gasteiger partial charge in [-0.05, 0) is 31.7 Å². The molecule has 90 valence electrons. The zero-order chi connectivity index (χ0) is 11.3. The molecule has 2 atom stereocenters. The van der Waals surface area contributed by atoms with Crippen molar-refractivity contribution in [3.63, 3.8) is 0 Å². The van der Waals surface area contributed by atoms with Crippen LogP contribution in [0.15, 0.2) is 0 Å². The standard InChI is InChI=1S/C13H28N2/c1-4-11(2)13(9-14)15(3)10-12-7-5-6-8-12/h11-13H,4-10,14H2,1-3H3. The van der Waals surface area contributed by atoms with Gasteiger partial charge in [0.1, 0.15) is 0 Å². The van der Waals surface area contributed by atoms with Gasteiger partial charge in [-0.3, -0.25) is 0 Å². The Bertz CT molecular complexity index is 164. The van der Waals surface area contributed by atoms with Crippen LogP contribution in [0.1, 0.15) is 46.0 Å². The molecule has 0 aromatic carbocycles. The van der Waals surface area contributed by atoms with Gasteiger partial charge in [-0.15, -0.1) is 0 Å². The van der Waals surface area contributed by atoms with Gasteiger partial charge in [-0.1, -0.05) is 33.1 Å². The van der Waals surface area contributed by atoms with Crippen LogP contribution in [0.5, 0.6) is 0 Å². The molecule has 2 unspecified atom stereocenters. The lowest BCUT2D eigenvalue weighted by Crippen LogP contribution is -2.44. The average molecular weight is 212 g/mol. The third kappa shape index (κ3) is 3.76. The van der Waals surface area contributed by atoms with E-state index in [9.17, 15) is 0 Å². The molecule has 0 radical (unpaired) electrons. The minimum atomic E-state index is 0.579. The monoisotopic (exact) mass is 212 g/mol. The van der Waals surface area contributed by atoms with Crippen LogP contribution in [-0.2, 0) is 0 Å². The number of nitrogens with zero attached hydrogens (tertiary/aromatic N) is 1. The molecule has 0 bridgehead atoms. The predicted octanol–water partition coefficient (Wildman–Crippen LogP) is 2.48. The van der Waals surface area contributed by atoms with E-state index in [1.54, 1.807) is 0 Å².